The van der Waals surface area contributed by atoms with Crippen molar-refractivity contribution in [2.45, 2.75) is 26.0 Å². The van der Waals surface area contributed by atoms with Crippen molar-refractivity contribution >= 4 is 11.8 Å². The molecular weight excluding hydrogens is 408 g/mol. The number of nitrogens with one attached hydrogen (secondary N) is 1. The number of carbonyl (C=O) groups excluding carboxylic acids is 2. The molecule has 2 aliphatic heterocycles. The monoisotopic (exact) mass is 432 g/mol. The Kier molecular flexibility index (Phi) is 5.05. The minimum absolute atomic E-state index is 0.0991. The van der Waals surface area contributed by atoms with Gasteiger partial charge in [-0.1, -0.05) is 30.3 Å². The standard InChI is InChI=1S/C24H24N4O4/c1-15-21(16(2)28(26-15)17-8-4-3-5-9-17)22-23(29)25-12-13-27(22)24(30)20-14-31-18-10-6-7-11-19(18)32-20/h3-11,20,22H,12-14H2,1-2H3,(H,25,29)/t20-,22+/m1/s1. The molecule has 1 N–H and O–H groups in total. The number of para-hydroxylation sites is 3. The molecule has 0 unspecified atom stereocenters. The molecule has 1 saturated heterocycles. The summed E-state index contributed by atoms with van der Waals surface area (Å²) in [6.45, 7) is 4.65. The lowest BCUT2D eigenvalue weighted by molar-refractivity contribution is -0.150. The van der Waals surface area contributed by atoms with Crippen molar-refractivity contribution in [3.8, 4) is 17.2 Å². The fraction of sp³-hybridized carbons (Fsp3) is 0.292. The molecule has 0 radical (unpaired) electrons. The highest BCUT2D eigenvalue weighted by atomic mass is 16.6. The summed E-state index contributed by atoms with van der Waals surface area (Å²) in [7, 11) is 0. The lowest BCUT2D eigenvalue weighted by atomic mass is 9.99. The maximum atomic E-state index is 13.5. The molecule has 2 aromatic carbocycles. The van der Waals surface area contributed by atoms with Gasteiger partial charge in [0, 0.05) is 24.3 Å². The summed E-state index contributed by atoms with van der Waals surface area (Å²) < 4.78 is 13.5. The second kappa shape index (κ2) is 8.03. The zero-order valence-corrected chi connectivity index (χ0v) is 17.9. The van der Waals surface area contributed by atoms with Crippen molar-refractivity contribution in [2.24, 2.45) is 0 Å². The van der Waals surface area contributed by atoms with E-state index in [1.807, 2.05) is 61.0 Å². The average Bonchev–Trinajstić information content (AvgIpc) is 3.12. The molecule has 3 heterocycles. The van der Waals surface area contributed by atoms with Gasteiger partial charge in [0.25, 0.3) is 5.91 Å². The maximum Gasteiger partial charge on any atom is 0.268 e. The zero-order chi connectivity index (χ0) is 22.2. The van der Waals surface area contributed by atoms with Crippen LogP contribution in [0.3, 0.4) is 0 Å². The van der Waals surface area contributed by atoms with Crippen molar-refractivity contribution in [1.29, 1.82) is 0 Å². The third-order valence-corrected chi connectivity index (χ3v) is 5.90. The number of amides is 2. The molecule has 3 aromatic rings. The van der Waals surface area contributed by atoms with Crippen molar-refractivity contribution in [3.63, 3.8) is 0 Å². The fourth-order valence-corrected chi connectivity index (χ4v) is 4.39. The van der Waals surface area contributed by atoms with E-state index in [2.05, 4.69) is 10.4 Å². The Labute approximate surface area is 185 Å². The molecule has 164 valence electrons. The van der Waals surface area contributed by atoms with Gasteiger partial charge in [-0.2, -0.15) is 5.10 Å². The maximum absolute atomic E-state index is 13.5. The van der Waals surface area contributed by atoms with E-state index in [0.717, 1.165) is 16.9 Å². The van der Waals surface area contributed by atoms with Gasteiger partial charge in [0.1, 0.15) is 12.6 Å². The second-order valence-corrected chi connectivity index (χ2v) is 7.92. The first-order chi connectivity index (χ1) is 15.5. The van der Waals surface area contributed by atoms with E-state index in [1.54, 1.807) is 17.0 Å². The molecule has 8 nitrogen and oxygen atoms in total. The fourth-order valence-electron chi connectivity index (χ4n) is 4.39. The van der Waals surface area contributed by atoms with Crippen LogP contribution in [0, 0.1) is 13.8 Å². The second-order valence-electron chi connectivity index (χ2n) is 7.92. The number of hydrogen-bond donors (Lipinski definition) is 1. The van der Waals surface area contributed by atoms with Gasteiger partial charge >= 0.3 is 0 Å². The van der Waals surface area contributed by atoms with E-state index in [0.29, 0.717) is 30.3 Å². The molecule has 2 atom stereocenters. The number of aromatic nitrogens is 2. The first-order valence-corrected chi connectivity index (χ1v) is 10.6. The Morgan fingerprint density at radius 3 is 2.56 bits per heavy atom. The molecule has 2 amide bonds. The summed E-state index contributed by atoms with van der Waals surface area (Å²) in [6.07, 6.45) is -0.817. The van der Waals surface area contributed by atoms with Crippen LogP contribution in [0.25, 0.3) is 5.69 Å². The van der Waals surface area contributed by atoms with Gasteiger partial charge in [0.05, 0.1) is 11.4 Å². The van der Waals surface area contributed by atoms with Crippen LogP contribution < -0.4 is 14.8 Å². The SMILES string of the molecule is Cc1nn(-c2ccccc2)c(C)c1[C@H]1C(=O)NCCN1C(=O)[C@H]1COc2ccccc2O1. The zero-order valence-electron chi connectivity index (χ0n) is 17.9. The van der Waals surface area contributed by atoms with E-state index >= 15 is 0 Å². The van der Waals surface area contributed by atoms with E-state index < -0.39 is 12.1 Å². The highest BCUT2D eigenvalue weighted by molar-refractivity contribution is 5.92. The van der Waals surface area contributed by atoms with Crippen LogP contribution in [0.15, 0.2) is 54.6 Å². The summed E-state index contributed by atoms with van der Waals surface area (Å²) in [4.78, 5) is 28.1. The van der Waals surface area contributed by atoms with Gasteiger partial charge < -0.3 is 19.7 Å². The number of fused-ring (bicyclic) bond motifs is 1. The Hall–Kier alpha value is -3.81. The molecule has 0 saturated carbocycles. The Bertz CT molecular complexity index is 1170. The Morgan fingerprint density at radius 1 is 1.06 bits per heavy atom. The lowest BCUT2D eigenvalue weighted by Gasteiger charge is -2.38. The first kappa shape index (κ1) is 20.1. The highest BCUT2D eigenvalue weighted by Crippen LogP contribution is 2.34. The number of rotatable bonds is 3. The van der Waals surface area contributed by atoms with Gasteiger partial charge in [0.15, 0.2) is 11.5 Å². The van der Waals surface area contributed by atoms with Crippen LogP contribution in [0.2, 0.25) is 0 Å². The van der Waals surface area contributed by atoms with Crippen LogP contribution in [0.4, 0.5) is 0 Å². The number of hydrogen-bond acceptors (Lipinski definition) is 5. The van der Waals surface area contributed by atoms with Crippen molar-refractivity contribution < 1.29 is 19.1 Å². The first-order valence-electron chi connectivity index (χ1n) is 10.6. The predicted molar refractivity (Wildman–Crippen MR) is 117 cm³/mol. The van der Waals surface area contributed by atoms with E-state index in [4.69, 9.17) is 9.47 Å². The normalized spacial score (nSPS) is 20.1. The number of carbonyl (C=O) groups is 2. The summed E-state index contributed by atoms with van der Waals surface area (Å²) in [5.41, 5.74) is 3.16. The van der Waals surface area contributed by atoms with Gasteiger partial charge in [-0.3, -0.25) is 9.59 Å². The molecule has 32 heavy (non-hydrogen) atoms. The summed E-state index contributed by atoms with van der Waals surface area (Å²) in [5, 5.41) is 7.56. The number of piperazine rings is 1. The third-order valence-electron chi connectivity index (χ3n) is 5.90. The molecule has 0 bridgehead atoms. The third kappa shape index (κ3) is 3.37. The minimum atomic E-state index is -0.817. The molecule has 2 aliphatic rings. The molecule has 0 aliphatic carbocycles. The van der Waals surface area contributed by atoms with Crippen LogP contribution in [-0.4, -0.2) is 52.3 Å². The molecule has 5 rings (SSSR count). The topological polar surface area (TPSA) is 85.7 Å². The van der Waals surface area contributed by atoms with Crippen LogP contribution in [-0.2, 0) is 9.59 Å². The summed E-state index contributed by atoms with van der Waals surface area (Å²) in [5.74, 6) is 0.644. The van der Waals surface area contributed by atoms with Gasteiger partial charge in [0.2, 0.25) is 12.0 Å². The van der Waals surface area contributed by atoms with Crippen molar-refractivity contribution in [1.82, 2.24) is 20.0 Å². The van der Waals surface area contributed by atoms with E-state index in [-0.39, 0.29) is 18.4 Å². The number of aryl methyl sites for hydroxylation is 1. The van der Waals surface area contributed by atoms with Crippen LogP contribution >= 0.6 is 0 Å². The lowest BCUT2D eigenvalue weighted by Crippen LogP contribution is -2.56. The molecule has 1 aromatic heterocycles. The van der Waals surface area contributed by atoms with Gasteiger partial charge in [-0.05, 0) is 38.1 Å². The Balaban J connectivity index is 1.49. The number of ether oxygens (including phenoxy) is 2. The Morgan fingerprint density at radius 2 is 1.78 bits per heavy atom. The van der Waals surface area contributed by atoms with Crippen molar-refractivity contribution in [3.05, 3.63) is 71.5 Å². The number of nitrogens with zero attached hydrogens (tertiary/aromatic N) is 3. The quantitative estimate of drug-likeness (QED) is 0.687. The summed E-state index contributed by atoms with van der Waals surface area (Å²) >= 11 is 0. The van der Waals surface area contributed by atoms with E-state index in [9.17, 15) is 9.59 Å². The highest BCUT2D eigenvalue weighted by Gasteiger charge is 2.42. The van der Waals surface area contributed by atoms with Gasteiger partial charge in [-0.25, -0.2) is 4.68 Å². The van der Waals surface area contributed by atoms with Crippen LogP contribution in [0.1, 0.15) is 23.0 Å². The minimum Gasteiger partial charge on any atom is -0.485 e. The molecule has 8 heteroatoms. The average molecular weight is 432 g/mol. The summed E-state index contributed by atoms with van der Waals surface area (Å²) in [6, 6.07) is 16.2. The molecular formula is C24H24N4O4. The molecule has 0 spiro atoms. The van der Waals surface area contributed by atoms with E-state index in [1.165, 1.54) is 0 Å². The van der Waals surface area contributed by atoms with Gasteiger partial charge in [-0.15, -0.1) is 0 Å². The largest absolute Gasteiger partial charge is 0.485 e. The number of benzene rings is 2. The molecule has 1 fully saturated rings. The predicted octanol–water partition coefficient (Wildman–Crippen LogP) is 2.33. The van der Waals surface area contributed by atoms with Crippen LogP contribution in [0.5, 0.6) is 11.5 Å². The smallest absolute Gasteiger partial charge is 0.268 e. The van der Waals surface area contributed by atoms with Crippen molar-refractivity contribution in [2.75, 3.05) is 19.7 Å².